The van der Waals surface area contributed by atoms with Crippen molar-refractivity contribution in [2.75, 3.05) is 0 Å². The molecule has 1 aromatic carbocycles. The Labute approximate surface area is 126 Å². The molecule has 22 heavy (non-hydrogen) atoms. The van der Waals surface area contributed by atoms with Crippen molar-refractivity contribution in [2.24, 2.45) is 0 Å². The number of hydrogen-bond donors (Lipinski definition) is 0. The molecule has 3 rings (SSSR count). The molecule has 0 fully saturated rings. The van der Waals surface area contributed by atoms with E-state index in [4.69, 9.17) is 0 Å². The van der Waals surface area contributed by atoms with Gasteiger partial charge in [-0.2, -0.15) is 5.10 Å². The van der Waals surface area contributed by atoms with Crippen LogP contribution in [0.1, 0.15) is 23.2 Å². The van der Waals surface area contributed by atoms with Gasteiger partial charge in [0.05, 0.1) is 12.1 Å². The first-order valence-electron chi connectivity index (χ1n) is 6.84. The zero-order valence-corrected chi connectivity index (χ0v) is 12.3. The van der Waals surface area contributed by atoms with Crippen LogP contribution in [0.2, 0.25) is 0 Å². The van der Waals surface area contributed by atoms with E-state index < -0.39 is 0 Å². The first-order chi connectivity index (χ1) is 10.6. The number of carbonyl (C=O) groups excluding carboxylic acids is 2. The van der Waals surface area contributed by atoms with E-state index in [-0.39, 0.29) is 12.3 Å². The largest absolute Gasteiger partial charge is 0.301 e. The Hall–Kier alpha value is -2.89. The third-order valence-electron chi connectivity index (χ3n) is 3.45. The Morgan fingerprint density at radius 3 is 2.59 bits per heavy atom. The van der Waals surface area contributed by atoms with Gasteiger partial charge < -0.3 is 4.79 Å². The fraction of sp³-hybridized carbons (Fsp3) is 0.188. The van der Waals surface area contributed by atoms with Crippen LogP contribution in [0.25, 0.3) is 22.0 Å². The number of fused-ring (bicyclic) bond motifs is 1. The van der Waals surface area contributed by atoms with Crippen molar-refractivity contribution in [3.05, 3.63) is 42.1 Å². The summed E-state index contributed by atoms with van der Waals surface area (Å²) in [4.78, 5) is 30.9. The zero-order valence-electron chi connectivity index (χ0n) is 12.3. The summed E-state index contributed by atoms with van der Waals surface area (Å²) >= 11 is 0. The number of hydrogen-bond acceptors (Lipinski definition) is 5. The van der Waals surface area contributed by atoms with Crippen LogP contribution >= 0.6 is 0 Å². The highest BCUT2D eigenvalue weighted by atomic mass is 16.1. The molecule has 0 radical (unpaired) electrons. The second-order valence-corrected chi connectivity index (χ2v) is 5.00. The van der Waals surface area contributed by atoms with E-state index in [0.717, 1.165) is 28.3 Å². The molecule has 0 N–H and O–H groups in total. The molecule has 0 saturated carbocycles. The van der Waals surface area contributed by atoms with Gasteiger partial charge in [0.15, 0.2) is 5.78 Å². The van der Waals surface area contributed by atoms with Crippen LogP contribution in [0.15, 0.2) is 30.6 Å². The standard InChI is InChI=1S/C16H14N4O2/c1-10(22)16-14-7-12(13-8-17-11(2)18-9-13)3-4-15(14)20(19-16)5-6-21/h3-4,6-9H,5H2,1-2H3. The van der Waals surface area contributed by atoms with E-state index in [1.807, 2.05) is 25.1 Å². The molecule has 6 heteroatoms. The number of aldehydes is 1. The maximum Gasteiger partial charge on any atom is 0.180 e. The van der Waals surface area contributed by atoms with E-state index >= 15 is 0 Å². The van der Waals surface area contributed by atoms with E-state index in [2.05, 4.69) is 15.1 Å². The topological polar surface area (TPSA) is 77.7 Å². The third-order valence-corrected chi connectivity index (χ3v) is 3.45. The van der Waals surface area contributed by atoms with Gasteiger partial charge in [-0.15, -0.1) is 0 Å². The SMILES string of the molecule is CC(=O)c1nn(CC=O)c2ccc(-c3cnc(C)nc3)cc12. The lowest BCUT2D eigenvalue weighted by Crippen LogP contribution is -2.02. The lowest BCUT2D eigenvalue weighted by molar-refractivity contribution is -0.108. The Bertz CT molecular complexity index is 866. The number of aromatic nitrogens is 4. The normalized spacial score (nSPS) is 10.8. The van der Waals surface area contributed by atoms with Crippen molar-refractivity contribution in [1.82, 2.24) is 19.7 Å². The lowest BCUT2D eigenvalue weighted by atomic mass is 10.0. The smallest absolute Gasteiger partial charge is 0.180 e. The number of carbonyl (C=O) groups is 2. The summed E-state index contributed by atoms with van der Waals surface area (Å²) in [6.07, 6.45) is 4.25. The maximum absolute atomic E-state index is 11.8. The third kappa shape index (κ3) is 2.39. The quantitative estimate of drug-likeness (QED) is 0.544. The molecule has 6 nitrogen and oxygen atoms in total. The highest BCUT2D eigenvalue weighted by molar-refractivity contribution is 6.05. The van der Waals surface area contributed by atoms with Gasteiger partial charge in [0.1, 0.15) is 17.8 Å². The average Bonchev–Trinajstić information content (AvgIpc) is 2.87. The fourth-order valence-electron chi connectivity index (χ4n) is 2.37. The van der Waals surface area contributed by atoms with Crippen molar-refractivity contribution in [3.63, 3.8) is 0 Å². The van der Waals surface area contributed by atoms with Crippen LogP contribution in [0, 0.1) is 6.92 Å². The predicted octanol–water partition coefficient (Wildman–Crippen LogP) is 2.20. The Morgan fingerprint density at radius 2 is 1.95 bits per heavy atom. The van der Waals surface area contributed by atoms with Crippen LogP contribution in [-0.2, 0) is 11.3 Å². The van der Waals surface area contributed by atoms with Gasteiger partial charge in [-0.25, -0.2) is 9.97 Å². The molecule has 0 saturated heterocycles. The number of aryl methyl sites for hydroxylation is 1. The summed E-state index contributed by atoms with van der Waals surface area (Å²) in [5, 5.41) is 4.96. The van der Waals surface area contributed by atoms with E-state index in [1.54, 1.807) is 12.4 Å². The molecular weight excluding hydrogens is 280 g/mol. The molecule has 0 amide bonds. The van der Waals surface area contributed by atoms with Gasteiger partial charge in [0.25, 0.3) is 0 Å². The molecule has 3 aromatic rings. The zero-order chi connectivity index (χ0) is 15.7. The molecule has 0 unspecified atom stereocenters. The molecule has 0 aliphatic rings. The lowest BCUT2D eigenvalue weighted by Gasteiger charge is -2.03. The van der Waals surface area contributed by atoms with Crippen molar-refractivity contribution in [2.45, 2.75) is 20.4 Å². The molecular formula is C16H14N4O2. The van der Waals surface area contributed by atoms with Crippen LogP contribution < -0.4 is 0 Å². The maximum atomic E-state index is 11.8. The number of rotatable bonds is 4. The number of ketones is 1. The first-order valence-corrected chi connectivity index (χ1v) is 6.84. The van der Waals surface area contributed by atoms with E-state index in [1.165, 1.54) is 11.6 Å². The molecule has 2 heterocycles. The minimum absolute atomic E-state index is 0.122. The van der Waals surface area contributed by atoms with Crippen molar-refractivity contribution >= 4 is 23.0 Å². The second-order valence-electron chi connectivity index (χ2n) is 5.00. The van der Waals surface area contributed by atoms with Gasteiger partial charge in [0.2, 0.25) is 0 Å². The van der Waals surface area contributed by atoms with Crippen LogP contribution in [0.3, 0.4) is 0 Å². The van der Waals surface area contributed by atoms with Crippen LogP contribution in [0.5, 0.6) is 0 Å². The van der Waals surface area contributed by atoms with Crippen molar-refractivity contribution in [3.8, 4) is 11.1 Å². The van der Waals surface area contributed by atoms with Gasteiger partial charge in [-0.1, -0.05) is 6.07 Å². The number of benzene rings is 1. The second kappa shape index (κ2) is 5.48. The minimum atomic E-state index is -0.132. The molecule has 110 valence electrons. The highest BCUT2D eigenvalue weighted by Crippen LogP contribution is 2.26. The van der Waals surface area contributed by atoms with Gasteiger partial charge in [-0.05, 0) is 24.6 Å². The average molecular weight is 294 g/mol. The Kier molecular flexibility index (Phi) is 3.50. The van der Waals surface area contributed by atoms with Crippen molar-refractivity contribution < 1.29 is 9.59 Å². The van der Waals surface area contributed by atoms with Crippen LogP contribution in [0.4, 0.5) is 0 Å². The molecule has 2 aromatic heterocycles. The molecule has 0 aliphatic carbocycles. The summed E-state index contributed by atoms with van der Waals surface area (Å²) in [7, 11) is 0. The number of Topliss-reactive ketones (excluding diaryl/α,β-unsaturated/α-hetero) is 1. The molecule has 0 atom stereocenters. The summed E-state index contributed by atoms with van der Waals surface area (Å²) in [6, 6.07) is 5.64. The Morgan fingerprint density at radius 1 is 1.23 bits per heavy atom. The fourth-order valence-corrected chi connectivity index (χ4v) is 2.37. The predicted molar refractivity (Wildman–Crippen MR) is 81.6 cm³/mol. The summed E-state index contributed by atoms with van der Waals surface area (Å²) in [5.41, 5.74) is 2.90. The van der Waals surface area contributed by atoms with Gasteiger partial charge >= 0.3 is 0 Å². The van der Waals surface area contributed by atoms with Crippen LogP contribution in [-0.4, -0.2) is 31.8 Å². The van der Waals surface area contributed by atoms with E-state index in [0.29, 0.717) is 11.5 Å². The van der Waals surface area contributed by atoms with Gasteiger partial charge in [0, 0.05) is 30.3 Å². The van der Waals surface area contributed by atoms with E-state index in [9.17, 15) is 9.59 Å². The summed E-state index contributed by atoms with van der Waals surface area (Å²) < 4.78 is 1.54. The molecule has 0 aliphatic heterocycles. The highest BCUT2D eigenvalue weighted by Gasteiger charge is 2.15. The monoisotopic (exact) mass is 294 g/mol. The number of nitrogens with zero attached hydrogens (tertiary/aromatic N) is 4. The van der Waals surface area contributed by atoms with Crippen molar-refractivity contribution in [1.29, 1.82) is 0 Å². The molecule has 0 bridgehead atoms. The van der Waals surface area contributed by atoms with Gasteiger partial charge in [-0.3, -0.25) is 9.48 Å². The first kappa shape index (κ1) is 14.1. The summed E-state index contributed by atoms with van der Waals surface area (Å²) in [5.74, 6) is 0.569. The Balaban J connectivity index is 2.19. The molecule has 0 spiro atoms. The minimum Gasteiger partial charge on any atom is -0.301 e. The summed E-state index contributed by atoms with van der Waals surface area (Å²) in [6.45, 7) is 3.41.